The predicted octanol–water partition coefficient (Wildman–Crippen LogP) is 3.48. The Morgan fingerprint density at radius 2 is 1.81 bits per heavy atom. The Balaban J connectivity index is 2.01. The van der Waals surface area contributed by atoms with Crippen LogP contribution < -0.4 is 10.1 Å². The van der Waals surface area contributed by atoms with Gasteiger partial charge < -0.3 is 14.8 Å². The molecule has 0 bridgehead atoms. The number of para-hydroxylation sites is 1. The molecule has 1 N–H and O–H groups in total. The average Bonchev–Trinajstić information content (AvgIpc) is 2.63. The van der Waals surface area contributed by atoms with Crippen LogP contribution in [0, 0.1) is 6.92 Å². The number of ether oxygens (including phenoxy) is 2. The van der Waals surface area contributed by atoms with Crippen molar-refractivity contribution in [2.75, 3.05) is 31.4 Å². The van der Waals surface area contributed by atoms with Crippen LogP contribution in [0.5, 0.6) is 5.75 Å². The molecule has 0 aromatic heterocycles. The van der Waals surface area contributed by atoms with Gasteiger partial charge in [-0.2, -0.15) is 0 Å². The molecule has 0 saturated carbocycles. The number of benzene rings is 2. The van der Waals surface area contributed by atoms with Crippen molar-refractivity contribution in [2.45, 2.75) is 18.2 Å². The van der Waals surface area contributed by atoms with E-state index in [1.54, 1.807) is 49.6 Å². The minimum Gasteiger partial charge on any atom is -0.487 e. The van der Waals surface area contributed by atoms with Gasteiger partial charge in [-0.25, -0.2) is 8.42 Å². The Hall–Kier alpha value is -2.09. The highest BCUT2D eigenvalue weighted by atomic mass is 35.5. The Morgan fingerprint density at radius 3 is 2.48 bits per heavy atom. The summed E-state index contributed by atoms with van der Waals surface area (Å²) in [5, 5.41) is 3.00. The number of hydrogen-bond donors (Lipinski definition) is 1. The topological polar surface area (TPSA) is 81.7 Å². The number of nitrogens with one attached hydrogen (secondary N) is 1. The van der Waals surface area contributed by atoms with Gasteiger partial charge in [-0.05, 0) is 31.2 Å². The van der Waals surface area contributed by atoms with Crippen LogP contribution in [0.25, 0.3) is 0 Å². The average molecular weight is 412 g/mol. The highest BCUT2D eigenvalue weighted by molar-refractivity contribution is 7.91. The van der Waals surface area contributed by atoms with Crippen LogP contribution >= 0.6 is 11.6 Å². The third kappa shape index (κ3) is 6.23. The Kier molecular flexibility index (Phi) is 7.65. The summed E-state index contributed by atoms with van der Waals surface area (Å²) in [4.78, 5) is 12.4. The standard InChI is InChI=1S/C19H22ClNO5S/c1-14-6-8-15(9-7-14)27(23,24)13-10-18(22)21-17-5-3-4-16(20)19(17)26-12-11-25-2/h3-9H,10-13H2,1-2H3,(H,21,22). The fourth-order valence-corrected chi connectivity index (χ4v) is 3.75. The second-order valence-electron chi connectivity index (χ2n) is 5.89. The van der Waals surface area contributed by atoms with Crippen molar-refractivity contribution in [2.24, 2.45) is 0 Å². The van der Waals surface area contributed by atoms with Crippen molar-refractivity contribution in [3.8, 4) is 5.75 Å². The maximum absolute atomic E-state index is 12.4. The molecule has 27 heavy (non-hydrogen) atoms. The molecule has 0 radical (unpaired) electrons. The first-order valence-electron chi connectivity index (χ1n) is 8.33. The first-order chi connectivity index (χ1) is 12.8. The predicted molar refractivity (Wildman–Crippen MR) is 105 cm³/mol. The summed E-state index contributed by atoms with van der Waals surface area (Å²) < 4.78 is 35.2. The van der Waals surface area contributed by atoms with Crippen molar-refractivity contribution >= 4 is 33.0 Å². The zero-order valence-electron chi connectivity index (χ0n) is 15.2. The van der Waals surface area contributed by atoms with Gasteiger partial charge in [-0.1, -0.05) is 35.4 Å². The molecule has 0 fully saturated rings. The van der Waals surface area contributed by atoms with E-state index < -0.39 is 15.7 Å². The number of amides is 1. The van der Waals surface area contributed by atoms with Gasteiger partial charge >= 0.3 is 0 Å². The van der Waals surface area contributed by atoms with Crippen molar-refractivity contribution < 1.29 is 22.7 Å². The molecule has 0 unspecified atom stereocenters. The van der Waals surface area contributed by atoms with E-state index >= 15 is 0 Å². The molecule has 0 aliphatic carbocycles. The molecule has 0 spiro atoms. The normalized spacial score (nSPS) is 11.2. The molecule has 0 saturated heterocycles. The fourth-order valence-electron chi connectivity index (χ4n) is 2.28. The zero-order chi connectivity index (χ0) is 19.9. The maximum atomic E-state index is 12.4. The van der Waals surface area contributed by atoms with Crippen LogP contribution in [0.3, 0.4) is 0 Å². The van der Waals surface area contributed by atoms with E-state index in [1.165, 1.54) is 0 Å². The Morgan fingerprint density at radius 1 is 1.11 bits per heavy atom. The number of hydrogen-bond acceptors (Lipinski definition) is 5. The number of halogens is 1. The molecular formula is C19H22ClNO5S. The maximum Gasteiger partial charge on any atom is 0.225 e. The molecule has 146 valence electrons. The largest absolute Gasteiger partial charge is 0.487 e. The van der Waals surface area contributed by atoms with Crippen LogP contribution in [0.2, 0.25) is 5.02 Å². The van der Waals surface area contributed by atoms with Gasteiger partial charge in [0.25, 0.3) is 0 Å². The molecule has 1 amide bonds. The van der Waals surface area contributed by atoms with Crippen LogP contribution in [0.15, 0.2) is 47.4 Å². The van der Waals surface area contributed by atoms with E-state index in [2.05, 4.69) is 5.32 Å². The Labute approximate surface area is 164 Å². The van der Waals surface area contributed by atoms with E-state index in [1.807, 2.05) is 6.92 Å². The van der Waals surface area contributed by atoms with Gasteiger partial charge in [-0.15, -0.1) is 0 Å². The van der Waals surface area contributed by atoms with Gasteiger partial charge in [-0.3, -0.25) is 4.79 Å². The van der Waals surface area contributed by atoms with Crippen molar-refractivity contribution in [1.29, 1.82) is 0 Å². The van der Waals surface area contributed by atoms with Gasteiger partial charge in [0.2, 0.25) is 5.91 Å². The smallest absolute Gasteiger partial charge is 0.225 e. The van der Waals surface area contributed by atoms with Crippen molar-refractivity contribution in [1.82, 2.24) is 0 Å². The van der Waals surface area contributed by atoms with E-state index in [0.29, 0.717) is 23.1 Å². The molecule has 8 heteroatoms. The van der Waals surface area contributed by atoms with Gasteiger partial charge in [0.05, 0.1) is 28.0 Å². The molecule has 0 aliphatic rings. The van der Waals surface area contributed by atoms with Crippen LogP contribution in [0.1, 0.15) is 12.0 Å². The number of methoxy groups -OCH3 is 1. The lowest BCUT2D eigenvalue weighted by Crippen LogP contribution is -2.18. The number of carbonyl (C=O) groups is 1. The van der Waals surface area contributed by atoms with Crippen LogP contribution in [0.4, 0.5) is 5.69 Å². The highest BCUT2D eigenvalue weighted by Crippen LogP contribution is 2.33. The SMILES string of the molecule is COCCOc1c(Cl)cccc1NC(=O)CCS(=O)(=O)c1ccc(C)cc1. The van der Waals surface area contributed by atoms with Crippen LogP contribution in [-0.4, -0.2) is 40.4 Å². The third-order valence-electron chi connectivity index (χ3n) is 3.75. The minimum absolute atomic E-state index is 0.180. The summed E-state index contributed by atoms with van der Waals surface area (Å²) in [5.74, 6) is -0.405. The monoisotopic (exact) mass is 411 g/mol. The van der Waals surface area contributed by atoms with Gasteiger partial charge in [0.1, 0.15) is 6.61 Å². The second kappa shape index (κ2) is 9.73. The number of anilines is 1. The van der Waals surface area contributed by atoms with Gasteiger partial charge in [0, 0.05) is 13.5 Å². The third-order valence-corrected chi connectivity index (χ3v) is 5.78. The second-order valence-corrected chi connectivity index (χ2v) is 8.40. The fraction of sp³-hybridized carbons (Fsp3) is 0.316. The molecule has 2 aromatic rings. The summed E-state index contributed by atoms with van der Waals surface area (Å²) in [7, 11) is -1.99. The summed E-state index contributed by atoms with van der Waals surface area (Å²) in [6.45, 7) is 2.51. The zero-order valence-corrected chi connectivity index (χ0v) is 16.8. The Bertz CT molecular complexity index is 881. The summed E-state index contributed by atoms with van der Waals surface area (Å²) in [5.41, 5.74) is 1.35. The first kappa shape index (κ1) is 21.2. The number of carbonyl (C=O) groups excluding carboxylic acids is 1. The first-order valence-corrected chi connectivity index (χ1v) is 10.4. The molecule has 0 atom stereocenters. The molecule has 2 rings (SSSR count). The summed E-state index contributed by atoms with van der Waals surface area (Å²) in [6, 6.07) is 11.5. The lowest BCUT2D eigenvalue weighted by atomic mass is 10.2. The molecule has 6 nitrogen and oxygen atoms in total. The van der Waals surface area contributed by atoms with E-state index in [-0.39, 0.29) is 23.7 Å². The number of aryl methyl sites for hydroxylation is 1. The quantitative estimate of drug-likeness (QED) is 0.639. The van der Waals surface area contributed by atoms with Gasteiger partial charge in [0.15, 0.2) is 15.6 Å². The van der Waals surface area contributed by atoms with E-state index in [4.69, 9.17) is 21.1 Å². The number of rotatable bonds is 9. The van der Waals surface area contributed by atoms with Crippen molar-refractivity contribution in [3.05, 3.63) is 53.1 Å². The molecular weight excluding hydrogens is 390 g/mol. The summed E-state index contributed by atoms with van der Waals surface area (Å²) in [6.07, 6.45) is -0.180. The lowest BCUT2D eigenvalue weighted by molar-refractivity contribution is -0.115. The minimum atomic E-state index is -3.53. The van der Waals surface area contributed by atoms with Crippen LogP contribution in [-0.2, 0) is 19.4 Å². The molecule has 0 aliphatic heterocycles. The highest BCUT2D eigenvalue weighted by Gasteiger charge is 2.18. The number of sulfone groups is 1. The van der Waals surface area contributed by atoms with Crippen molar-refractivity contribution in [3.63, 3.8) is 0 Å². The van der Waals surface area contributed by atoms with E-state index in [9.17, 15) is 13.2 Å². The summed E-state index contributed by atoms with van der Waals surface area (Å²) >= 11 is 6.12. The lowest BCUT2D eigenvalue weighted by Gasteiger charge is -2.14. The molecule has 2 aromatic carbocycles. The molecule has 0 heterocycles. The van der Waals surface area contributed by atoms with E-state index in [0.717, 1.165) is 5.56 Å².